The molecule has 1 aliphatic rings. The summed E-state index contributed by atoms with van der Waals surface area (Å²) in [5, 5.41) is 1.45. The molecule has 0 fully saturated rings. The first-order valence-electron chi connectivity index (χ1n) is 8.65. The molecule has 1 heterocycles. The van der Waals surface area contributed by atoms with Crippen LogP contribution in [0.2, 0.25) is 5.15 Å². The van der Waals surface area contributed by atoms with E-state index in [1.54, 1.807) is 6.20 Å². The highest BCUT2D eigenvalue weighted by Crippen LogP contribution is 2.50. The van der Waals surface area contributed by atoms with Crippen molar-refractivity contribution in [1.82, 2.24) is 4.98 Å². The molecular weight excluding hydrogens is 361 g/mol. The van der Waals surface area contributed by atoms with Gasteiger partial charge in [0, 0.05) is 22.5 Å². The maximum atomic E-state index is 12.6. The number of nitrogens with zero attached hydrogens (tertiary/aromatic N) is 1. The second-order valence-corrected chi connectivity index (χ2v) is 11.4. The molecule has 0 unspecified atom stereocenters. The largest absolute Gasteiger partial charge is 0.319 e. The van der Waals surface area contributed by atoms with E-state index in [0.717, 1.165) is 16.4 Å². The number of hydrogen-bond acceptors (Lipinski definition) is 2. The quantitative estimate of drug-likeness (QED) is 0.405. The van der Waals surface area contributed by atoms with Crippen molar-refractivity contribution in [2.75, 3.05) is 13.3 Å². The van der Waals surface area contributed by atoms with Crippen LogP contribution in [0, 0.1) is 0 Å². The van der Waals surface area contributed by atoms with E-state index in [1.165, 1.54) is 22.3 Å². The summed E-state index contributed by atoms with van der Waals surface area (Å²) in [5.41, 5.74) is 6.84. The van der Waals surface area contributed by atoms with Crippen LogP contribution < -0.4 is 5.30 Å². The molecule has 1 aromatic heterocycles. The molecule has 4 heteroatoms. The Morgan fingerprint density at radius 3 is 2.38 bits per heavy atom. The molecule has 4 rings (SSSR count). The minimum atomic E-state index is -2.29. The molecule has 0 radical (unpaired) electrons. The topological polar surface area (TPSA) is 30.0 Å². The Hall–Kier alpha value is -1.89. The third kappa shape index (κ3) is 2.64. The normalized spacial score (nSPS) is 14.8. The summed E-state index contributed by atoms with van der Waals surface area (Å²) in [6, 6.07) is 16.6. The predicted molar refractivity (Wildman–Crippen MR) is 111 cm³/mol. The van der Waals surface area contributed by atoms with Crippen LogP contribution in [0.5, 0.6) is 0 Å². The van der Waals surface area contributed by atoms with Gasteiger partial charge in [0.15, 0.2) is 0 Å². The van der Waals surface area contributed by atoms with E-state index < -0.39 is 7.14 Å². The molecule has 0 spiro atoms. The highest BCUT2D eigenvalue weighted by Gasteiger charge is 2.36. The van der Waals surface area contributed by atoms with Gasteiger partial charge in [-0.05, 0) is 65.4 Å². The summed E-state index contributed by atoms with van der Waals surface area (Å²) >= 11 is 6.29. The fourth-order valence-electron chi connectivity index (χ4n) is 3.85. The van der Waals surface area contributed by atoms with Crippen molar-refractivity contribution >= 4 is 24.0 Å². The highest BCUT2D eigenvalue weighted by atomic mass is 35.5. The molecule has 0 saturated carbocycles. The first kappa shape index (κ1) is 17.5. The monoisotopic (exact) mass is 381 g/mol. The Morgan fingerprint density at radius 1 is 0.923 bits per heavy atom. The van der Waals surface area contributed by atoms with E-state index >= 15 is 0 Å². The van der Waals surface area contributed by atoms with Crippen molar-refractivity contribution in [1.29, 1.82) is 0 Å². The van der Waals surface area contributed by atoms with Crippen LogP contribution in [0.25, 0.3) is 22.3 Å². The minimum absolute atomic E-state index is 0.118. The summed E-state index contributed by atoms with van der Waals surface area (Å²) in [5.74, 6) is 0. The van der Waals surface area contributed by atoms with Crippen LogP contribution >= 0.6 is 18.7 Å². The average Bonchev–Trinajstić information content (AvgIpc) is 2.82. The molecule has 132 valence electrons. The lowest BCUT2D eigenvalue weighted by molar-refractivity contribution is 0.588. The first-order valence-corrected chi connectivity index (χ1v) is 11.6. The zero-order chi connectivity index (χ0) is 18.7. The van der Waals surface area contributed by atoms with Crippen LogP contribution in [-0.4, -0.2) is 18.3 Å². The number of fused-ring (bicyclic) bond motifs is 3. The van der Waals surface area contributed by atoms with Crippen LogP contribution in [0.15, 0.2) is 54.7 Å². The summed E-state index contributed by atoms with van der Waals surface area (Å²) in [7, 11) is -2.29. The van der Waals surface area contributed by atoms with E-state index in [1.807, 2.05) is 31.5 Å². The number of halogens is 1. The van der Waals surface area contributed by atoms with Crippen molar-refractivity contribution in [3.05, 3.63) is 71.0 Å². The van der Waals surface area contributed by atoms with Gasteiger partial charge in [0.2, 0.25) is 0 Å². The maximum absolute atomic E-state index is 12.6. The van der Waals surface area contributed by atoms with Gasteiger partial charge in [-0.25, -0.2) is 4.98 Å². The smallest absolute Gasteiger partial charge is 0.136 e. The number of aromatic nitrogens is 1. The number of pyridine rings is 1. The Kier molecular flexibility index (Phi) is 3.91. The molecule has 2 aromatic carbocycles. The Bertz CT molecular complexity index is 1080. The lowest BCUT2D eigenvalue weighted by atomic mass is 9.82. The summed E-state index contributed by atoms with van der Waals surface area (Å²) in [6.45, 7) is 8.11. The van der Waals surface area contributed by atoms with Crippen molar-refractivity contribution in [2.45, 2.75) is 19.3 Å². The lowest BCUT2D eigenvalue weighted by Gasteiger charge is -2.22. The Balaban J connectivity index is 1.93. The van der Waals surface area contributed by atoms with Gasteiger partial charge in [-0.1, -0.05) is 49.7 Å². The second-order valence-electron chi connectivity index (χ2n) is 7.81. The van der Waals surface area contributed by atoms with Crippen LogP contribution in [0.4, 0.5) is 0 Å². The molecule has 2 nitrogen and oxygen atoms in total. The molecule has 3 aromatic rings. The number of rotatable bonds is 2. The third-order valence-electron chi connectivity index (χ3n) is 5.35. The zero-order valence-electron chi connectivity index (χ0n) is 15.4. The van der Waals surface area contributed by atoms with Crippen molar-refractivity contribution in [3.63, 3.8) is 0 Å². The van der Waals surface area contributed by atoms with Crippen molar-refractivity contribution in [2.24, 2.45) is 0 Å². The molecule has 0 bridgehead atoms. The molecular formula is C22H21ClNOP. The molecule has 0 N–H and O–H groups in total. The lowest BCUT2D eigenvalue weighted by Crippen LogP contribution is -2.17. The average molecular weight is 382 g/mol. The Labute approximate surface area is 159 Å². The zero-order valence-corrected chi connectivity index (χ0v) is 17.0. The molecule has 0 aliphatic heterocycles. The predicted octanol–water partition coefficient (Wildman–Crippen LogP) is 5.96. The molecule has 26 heavy (non-hydrogen) atoms. The van der Waals surface area contributed by atoms with Gasteiger partial charge in [0.1, 0.15) is 12.3 Å². The van der Waals surface area contributed by atoms with E-state index in [2.05, 4.69) is 49.2 Å². The van der Waals surface area contributed by atoms with Gasteiger partial charge >= 0.3 is 0 Å². The molecule has 1 aliphatic carbocycles. The van der Waals surface area contributed by atoms with Gasteiger partial charge in [0.05, 0.1) is 0 Å². The highest BCUT2D eigenvalue weighted by molar-refractivity contribution is 7.70. The molecule has 0 saturated heterocycles. The SMILES string of the molecule is CC1(C)c2ccc(-c3cccnc3Cl)cc2-c2ccc(P(C)(C)=O)cc21. The second kappa shape index (κ2) is 5.81. The van der Waals surface area contributed by atoms with Crippen LogP contribution in [0.1, 0.15) is 25.0 Å². The van der Waals surface area contributed by atoms with Gasteiger partial charge in [-0.15, -0.1) is 0 Å². The fourth-order valence-corrected chi connectivity index (χ4v) is 4.95. The molecule has 0 atom stereocenters. The van der Waals surface area contributed by atoms with E-state index in [4.69, 9.17) is 11.6 Å². The number of hydrogen-bond donors (Lipinski definition) is 0. The fraction of sp³-hybridized carbons (Fsp3) is 0.227. The van der Waals surface area contributed by atoms with Gasteiger partial charge in [-0.2, -0.15) is 0 Å². The first-order chi connectivity index (χ1) is 12.2. The standard InChI is InChI=1S/C22H21ClNOP/c1-22(2)19-10-7-14(16-6-5-11-24-21(16)23)12-18(19)17-9-8-15(13-20(17)22)26(3,4)25/h5-13H,1-4H3. The van der Waals surface area contributed by atoms with Gasteiger partial charge in [0.25, 0.3) is 0 Å². The van der Waals surface area contributed by atoms with E-state index in [9.17, 15) is 4.57 Å². The van der Waals surface area contributed by atoms with E-state index in [0.29, 0.717) is 5.15 Å². The molecule has 0 amide bonds. The third-order valence-corrected chi connectivity index (χ3v) is 7.17. The minimum Gasteiger partial charge on any atom is -0.319 e. The summed E-state index contributed by atoms with van der Waals surface area (Å²) < 4.78 is 12.6. The maximum Gasteiger partial charge on any atom is 0.136 e. The Morgan fingerprint density at radius 2 is 1.69 bits per heavy atom. The summed E-state index contributed by atoms with van der Waals surface area (Å²) in [4.78, 5) is 4.19. The van der Waals surface area contributed by atoms with Gasteiger partial charge in [-0.3, -0.25) is 0 Å². The van der Waals surface area contributed by atoms with Crippen LogP contribution in [0.3, 0.4) is 0 Å². The van der Waals surface area contributed by atoms with Gasteiger partial charge < -0.3 is 4.57 Å². The van der Waals surface area contributed by atoms with E-state index in [-0.39, 0.29) is 5.41 Å². The van der Waals surface area contributed by atoms with Crippen molar-refractivity contribution < 1.29 is 4.57 Å². The summed E-state index contributed by atoms with van der Waals surface area (Å²) in [6.07, 6.45) is 1.70. The number of benzene rings is 2. The van der Waals surface area contributed by atoms with Crippen LogP contribution in [-0.2, 0) is 9.98 Å². The van der Waals surface area contributed by atoms with Crippen molar-refractivity contribution in [3.8, 4) is 22.3 Å².